The predicted octanol–water partition coefficient (Wildman–Crippen LogP) is 0.986. The Morgan fingerprint density at radius 2 is 2.18 bits per heavy atom. The van der Waals surface area contributed by atoms with Crippen LogP contribution in [0.3, 0.4) is 0 Å². The molecule has 0 radical (unpaired) electrons. The summed E-state index contributed by atoms with van der Waals surface area (Å²) in [5, 5.41) is 17.1. The van der Waals surface area contributed by atoms with Crippen molar-refractivity contribution in [3.05, 3.63) is 35.4 Å². The first-order valence-corrected chi connectivity index (χ1v) is 6.57. The summed E-state index contributed by atoms with van der Waals surface area (Å²) in [7, 11) is 0. The van der Waals surface area contributed by atoms with Gasteiger partial charge in [-0.25, -0.2) is 0 Å². The lowest BCUT2D eigenvalue weighted by molar-refractivity contribution is 0.122. The fourth-order valence-electron chi connectivity index (χ4n) is 2.57. The van der Waals surface area contributed by atoms with Crippen molar-refractivity contribution in [2.24, 2.45) is 0 Å². The van der Waals surface area contributed by atoms with E-state index in [1.54, 1.807) is 0 Å². The largest absolute Gasteiger partial charge is 0.390 e. The van der Waals surface area contributed by atoms with Gasteiger partial charge in [0.1, 0.15) is 0 Å². The molecule has 1 heterocycles. The molecular formula is C14H20N2O. The van der Waals surface area contributed by atoms with Crippen molar-refractivity contribution in [1.29, 1.82) is 0 Å². The molecule has 3 rings (SSSR count). The van der Waals surface area contributed by atoms with Crippen LogP contribution in [0.5, 0.6) is 0 Å². The molecule has 1 aromatic carbocycles. The predicted molar refractivity (Wildman–Crippen MR) is 67.9 cm³/mol. The Balaban J connectivity index is 1.69. The van der Waals surface area contributed by atoms with Gasteiger partial charge in [0.05, 0.1) is 12.1 Å². The first-order valence-electron chi connectivity index (χ1n) is 6.57. The molecule has 3 N–H and O–H groups in total. The number of hydrogen-bond donors (Lipinski definition) is 3. The van der Waals surface area contributed by atoms with Gasteiger partial charge in [0, 0.05) is 12.6 Å². The lowest BCUT2D eigenvalue weighted by Gasteiger charge is -2.30. The van der Waals surface area contributed by atoms with E-state index < -0.39 is 0 Å². The van der Waals surface area contributed by atoms with E-state index in [-0.39, 0.29) is 12.1 Å². The highest BCUT2D eigenvalue weighted by Crippen LogP contribution is 2.26. The molecule has 1 saturated carbocycles. The topological polar surface area (TPSA) is 44.3 Å². The maximum Gasteiger partial charge on any atom is 0.0859 e. The Hall–Kier alpha value is -0.900. The number of fused-ring (bicyclic) bond motifs is 1. The van der Waals surface area contributed by atoms with E-state index in [0.717, 1.165) is 13.0 Å². The Morgan fingerprint density at radius 1 is 1.35 bits per heavy atom. The first kappa shape index (κ1) is 11.2. The molecule has 17 heavy (non-hydrogen) atoms. The zero-order valence-corrected chi connectivity index (χ0v) is 10.0. The zero-order chi connectivity index (χ0) is 11.7. The summed E-state index contributed by atoms with van der Waals surface area (Å²) in [5.74, 6) is 0. The van der Waals surface area contributed by atoms with Crippen LogP contribution in [0.25, 0.3) is 0 Å². The van der Waals surface area contributed by atoms with Crippen LogP contribution in [-0.2, 0) is 6.42 Å². The van der Waals surface area contributed by atoms with Gasteiger partial charge in [0.25, 0.3) is 0 Å². The Kier molecular flexibility index (Phi) is 3.14. The van der Waals surface area contributed by atoms with E-state index in [4.69, 9.17) is 0 Å². The number of nitrogens with one attached hydrogen (secondary N) is 2. The van der Waals surface area contributed by atoms with Gasteiger partial charge in [-0.2, -0.15) is 0 Å². The van der Waals surface area contributed by atoms with E-state index in [9.17, 15) is 5.11 Å². The van der Waals surface area contributed by atoms with Crippen molar-refractivity contribution < 1.29 is 5.11 Å². The summed E-state index contributed by atoms with van der Waals surface area (Å²) >= 11 is 0. The molecule has 2 unspecified atom stereocenters. The van der Waals surface area contributed by atoms with Crippen LogP contribution in [0.2, 0.25) is 0 Å². The van der Waals surface area contributed by atoms with Crippen LogP contribution in [0.1, 0.15) is 30.0 Å². The summed E-state index contributed by atoms with van der Waals surface area (Å²) in [4.78, 5) is 0. The van der Waals surface area contributed by atoms with Crippen molar-refractivity contribution in [1.82, 2.24) is 10.6 Å². The lowest BCUT2D eigenvalue weighted by Crippen LogP contribution is -2.42. The molecule has 0 saturated heterocycles. The summed E-state index contributed by atoms with van der Waals surface area (Å²) in [6.07, 6.45) is 3.26. The number of aliphatic hydroxyl groups excluding tert-OH is 1. The molecule has 2 atom stereocenters. The lowest BCUT2D eigenvalue weighted by atomic mass is 9.91. The van der Waals surface area contributed by atoms with Crippen molar-refractivity contribution >= 4 is 0 Å². The van der Waals surface area contributed by atoms with Gasteiger partial charge in [0.15, 0.2) is 0 Å². The monoisotopic (exact) mass is 232 g/mol. The standard InChI is InChI=1S/C14H20N2O/c17-13(9-16-11-5-6-11)14-12-4-2-1-3-10(12)7-8-15-14/h1-4,11,13-17H,5-9H2. The van der Waals surface area contributed by atoms with E-state index in [2.05, 4.69) is 34.9 Å². The molecule has 1 aliphatic carbocycles. The van der Waals surface area contributed by atoms with Gasteiger partial charge >= 0.3 is 0 Å². The van der Waals surface area contributed by atoms with Gasteiger partial charge in [0.2, 0.25) is 0 Å². The second kappa shape index (κ2) is 4.77. The molecule has 0 aromatic heterocycles. The molecule has 2 aliphatic rings. The average molecular weight is 232 g/mol. The maximum absolute atomic E-state index is 10.3. The minimum absolute atomic E-state index is 0.0891. The van der Waals surface area contributed by atoms with Gasteiger partial charge in [-0.05, 0) is 36.9 Å². The minimum atomic E-state index is -0.336. The highest BCUT2D eigenvalue weighted by atomic mass is 16.3. The zero-order valence-electron chi connectivity index (χ0n) is 10.0. The van der Waals surface area contributed by atoms with Gasteiger partial charge in [-0.15, -0.1) is 0 Å². The highest BCUT2D eigenvalue weighted by molar-refractivity contribution is 5.33. The molecule has 1 fully saturated rings. The molecule has 0 spiro atoms. The Bertz CT molecular complexity index is 390. The third-order valence-corrected chi connectivity index (χ3v) is 3.73. The summed E-state index contributed by atoms with van der Waals surface area (Å²) in [6, 6.07) is 9.18. The van der Waals surface area contributed by atoms with Gasteiger partial charge in [-0.3, -0.25) is 0 Å². The number of benzene rings is 1. The van der Waals surface area contributed by atoms with Crippen molar-refractivity contribution in [3.63, 3.8) is 0 Å². The molecule has 92 valence electrons. The first-order chi connectivity index (χ1) is 8.34. The number of aliphatic hydroxyl groups is 1. The van der Waals surface area contributed by atoms with Crippen LogP contribution < -0.4 is 10.6 Å². The average Bonchev–Trinajstić information content (AvgIpc) is 3.19. The van der Waals surface area contributed by atoms with Gasteiger partial charge in [-0.1, -0.05) is 24.3 Å². The van der Waals surface area contributed by atoms with Crippen molar-refractivity contribution in [3.8, 4) is 0 Å². The molecule has 1 aromatic rings. The molecule has 3 nitrogen and oxygen atoms in total. The molecule has 0 amide bonds. The third-order valence-electron chi connectivity index (χ3n) is 3.73. The fraction of sp³-hybridized carbons (Fsp3) is 0.571. The second-order valence-electron chi connectivity index (χ2n) is 5.13. The highest BCUT2D eigenvalue weighted by Gasteiger charge is 2.28. The minimum Gasteiger partial charge on any atom is -0.390 e. The summed E-state index contributed by atoms with van der Waals surface area (Å²) < 4.78 is 0. The SMILES string of the molecule is OC(CNC1CC1)C1NCCc2ccccc21. The van der Waals surface area contributed by atoms with Crippen LogP contribution in [0.4, 0.5) is 0 Å². The molecular weight excluding hydrogens is 212 g/mol. The molecule has 1 aliphatic heterocycles. The van der Waals surface area contributed by atoms with Crippen molar-refractivity contribution in [2.45, 2.75) is 37.5 Å². The van der Waals surface area contributed by atoms with E-state index in [1.807, 2.05) is 0 Å². The van der Waals surface area contributed by atoms with E-state index >= 15 is 0 Å². The fourth-order valence-corrected chi connectivity index (χ4v) is 2.57. The molecule has 3 heteroatoms. The number of rotatable bonds is 4. The van der Waals surface area contributed by atoms with Crippen LogP contribution >= 0.6 is 0 Å². The normalized spacial score (nSPS) is 25.4. The maximum atomic E-state index is 10.3. The van der Waals surface area contributed by atoms with Crippen molar-refractivity contribution in [2.75, 3.05) is 13.1 Å². The summed E-state index contributed by atoms with van der Waals surface area (Å²) in [6.45, 7) is 1.65. The third kappa shape index (κ3) is 2.51. The van der Waals surface area contributed by atoms with Gasteiger partial charge < -0.3 is 15.7 Å². The Morgan fingerprint density at radius 3 is 3.00 bits per heavy atom. The van der Waals surface area contributed by atoms with E-state index in [1.165, 1.54) is 24.0 Å². The number of hydrogen-bond acceptors (Lipinski definition) is 3. The Labute approximate surface area is 102 Å². The van der Waals surface area contributed by atoms with Crippen LogP contribution in [0, 0.1) is 0 Å². The smallest absolute Gasteiger partial charge is 0.0859 e. The quantitative estimate of drug-likeness (QED) is 0.725. The molecule has 0 bridgehead atoms. The second-order valence-corrected chi connectivity index (χ2v) is 5.13. The van der Waals surface area contributed by atoms with Crippen LogP contribution in [0.15, 0.2) is 24.3 Å². The summed E-state index contributed by atoms with van der Waals surface area (Å²) in [5.41, 5.74) is 2.64. The van der Waals surface area contributed by atoms with Crippen LogP contribution in [-0.4, -0.2) is 30.3 Å². The van der Waals surface area contributed by atoms with E-state index in [0.29, 0.717) is 12.6 Å².